The topological polar surface area (TPSA) is 67.4 Å². The highest BCUT2D eigenvalue weighted by molar-refractivity contribution is 6.30. The van der Waals surface area contributed by atoms with Crippen LogP contribution in [0.3, 0.4) is 0 Å². The maximum absolute atomic E-state index is 12.6. The van der Waals surface area contributed by atoms with E-state index in [0.717, 1.165) is 5.56 Å². The molecule has 0 aliphatic heterocycles. The van der Waals surface area contributed by atoms with E-state index >= 15 is 0 Å². The van der Waals surface area contributed by atoms with Crippen molar-refractivity contribution in [3.63, 3.8) is 0 Å². The molecule has 1 atom stereocenters. The van der Waals surface area contributed by atoms with Gasteiger partial charge in [0.15, 0.2) is 0 Å². The van der Waals surface area contributed by atoms with Crippen LogP contribution < -0.4 is 15.4 Å². The van der Waals surface area contributed by atoms with Crippen molar-refractivity contribution in [1.82, 2.24) is 10.6 Å². The van der Waals surface area contributed by atoms with E-state index in [2.05, 4.69) is 10.6 Å². The largest absolute Gasteiger partial charge is 0.494 e. The van der Waals surface area contributed by atoms with E-state index in [0.29, 0.717) is 29.5 Å². The summed E-state index contributed by atoms with van der Waals surface area (Å²) in [4.78, 5) is 25.1. The zero-order chi connectivity index (χ0) is 19.8. The van der Waals surface area contributed by atoms with Crippen LogP contribution in [0, 0.1) is 5.92 Å². The monoisotopic (exact) mass is 388 g/mol. The molecule has 0 aliphatic carbocycles. The van der Waals surface area contributed by atoms with Crippen LogP contribution in [0.5, 0.6) is 5.75 Å². The first-order valence-electron chi connectivity index (χ1n) is 8.96. The summed E-state index contributed by atoms with van der Waals surface area (Å²) in [6.45, 7) is 6.59. The third-order valence-electron chi connectivity index (χ3n) is 4.02. The molecule has 0 aliphatic rings. The minimum absolute atomic E-state index is 0.0593. The molecule has 0 saturated heterocycles. The summed E-state index contributed by atoms with van der Waals surface area (Å²) in [5.41, 5.74) is 1.38. The van der Waals surface area contributed by atoms with Crippen LogP contribution in [-0.2, 0) is 11.3 Å². The minimum Gasteiger partial charge on any atom is -0.494 e. The molecular formula is C21H25ClN2O3. The van der Waals surface area contributed by atoms with Gasteiger partial charge in [0.25, 0.3) is 5.91 Å². The highest BCUT2D eigenvalue weighted by Crippen LogP contribution is 2.13. The summed E-state index contributed by atoms with van der Waals surface area (Å²) in [6, 6.07) is 13.5. The zero-order valence-corrected chi connectivity index (χ0v) is 16.5. The van der Waals surface area contributed by atoms with Crippen LogP contribution in [0.4, 0.5) is 0 Å². The molecule has 2 N–H and O–H groups in total. The fourth-order valence-electron chi connectivity index (χ4n) is 2.57. The molecule has 2 aromatic rings. The van der Waals surface area contributed by atoms with E-state index in [1.165, 1.54) is 0 Å². The summed E-state index contributed by atoms with van der Waals surface area (Å²) in [7, 11) is 0. The van der Waals surface area contributed by atoms with E-state index in [-0.39, 0.29) is 17.7 Å². The van der Waals surface area contributed by atoms with E-state index in [4.69, 9.17) is 16.3 Å². The van der Waals surface area contributed by atoms with Crippen molar-refractivity contribution in [3.8, 4) is 5.75 Å². The first-order valence-corrected chi connectivity index (χ1v) is 9.34. The van der Waals surface area contributed by atoms with Crippen molar-refractivity contribution < 1.29 is 14.3 Å². The van der Waals surface area contributed by atoms with Gasteiger partial charge in [-0.25, -0.2) is 0 Å². The van der Waals surface area contributed by atoms with Gasteiger partial charge >= 0.3 is 0 Å². The van der Waals surface area contributed by atoms with E-state index < -0.39 is 6.04 Å². The molecule has 5 nitrogen and oxygen atoms in total. The molecule has 0 heterocycles. The maximum atomic E-state index is 12.6. The number of halogens is 1. The highest BCUT2D eigenvalue weighted by atomic mass is 35.5. The van der Waals surface area contributed by atoms with Gasteiger partial charge in [0.1, 0.15) is 11.8 Å². The predicted molar refractivity (Wildman–Crippen MR) is 107 cm³/mol. The summed E-state index contributed by atoms with van der Waals surface area (Å²) in [5, 5.41) is 6.29. The zero-order valence-electron chi connectivity index (χ0n) is 15.8. The number of rotatable bonds is 8. The Balaban J connectivity index is 1.98. The third-order valence-corrected chi connectivity index (χ3v) is 4.25. The van der Waals surface area contributed by atoms with Crippen molar-refractivity contribution in [2.45, 2.75) is 33.4 Å². The minimum atomic E-state index is -0.636. The summed E-state index contributed by atoms with van der Waals surface area (Å²) >= 11 is 5.96. The van der Waals surface area contributed by atoms with Gasteiger partial charge in [-0.3, -0.25) is 9.59 Å². The molecule has 0 bridgehead atoms. The van der Waals surface area contributed by atoms with Gasteiger partial charge in [-0.2, -0.15) is 0 Å². The fraction of sp³-hybridized carbons (Fsp3) is 0.333. The van der Waals surface area contributed by atoms with Crippen LogP contribution in [0.1, 0.15) is 36.7 Å². The maximum Gasteiger partial charge on any atom is 0.251 e. The van der Waals surface area contributed by atoms with Crippen molar-refractivity contribution in [2.24, 2.45) is 5.92 Å². The Morgan fingerprint density at radius 3 is 2.41 bits per heavy atom. The Bertz CT molecular complexity index is 775. The smallest absolute Gasteiger partial charge is 0.251 e. The van der Waals surface area contributed by atoms with E-state index in [1.54, 1.807) is 36.4 Å². The number of ether oxygens (including phenoxy) is 1. The number of benzene rings is 2. The second kappa shape index (κ2) is 9.97. The first-order chi connectivity index (χ1) is 12.9. The standard InChI is InChI=1S/C21H25ClN2O3/c1-4-27-18-10-8-16(9-11-18)20(25)24-19(14(2)3)21(26)23-13-15-6-5-7-17(22)12-15/h5-12,14,19H,4,13H2,1-3H3,(H,23,26)(H,24,25)/t19-/m0/s1. The quantitative estimate of drug-likeness (QED) is 0.722. The number of amides is 2. The summed E-state index contributed by atoms with van der Waals surface area (Å²) in [6.07, 6.45) is 0. The Morgan fingerprint density at radius 2 is 1.81 bits per heavy atom. The molecule has 0 fully saturated rings. The lowest BCUT2D eigenvalue weighted by Gasteiger charge is -2.22. The average Bonchev–Trinajstić information content (AvgIpc) is 2.64. The highest BCUT2D eigenvalue weighted by Gasteiger charge is 2.24. The second-order valence-electron chi connectivity index (χ2n) is 6.50. The van der Waals surface area contributed by atoms with Gasteiger partial charge in [-0.1, -0.05) is 37.6 Å². The average molecular weight is 389 g/mol. The van der Waals surface area contributed by atoms with Gasteiger partial charge in [-0.05, 0) is 54.8 Å². The van der Waals surface area contributed by atoms with E-state index in [1.807, 2.05) is 32.9 Å². The molecule has 6 heteroatoms. The number of nitrogens with one attached hydrogen (secondary N) is 2. The molecule has 144 valence electrons. The molecule has 27 heavy (non-hydrogen) atoms. The van der Waals surface area contributed by atoms with Crippen LogP contribution in [-0.4, -0.2) is 24.5 Å². The van der Waals surface area contributed by atoms with Crippen LogP contribution in [0.2, 0.25) is 5.02 Å². The number of hydrogen-bond acceptors (Lipinski definition) is 3. The van der Waals surface area contributed by atoms with Gasteiger partial charge in [0.2, 0.25) is 5.91 Å². The Hall–Kier alpha value is -2.53. The lowest BCUT2D eigenvalue weighted by molar-refractivity contribution is -0.124. The number of carbonyl (C=O) groups is 2. The molecule has 2 rings (SSSR count). The van der Waals surface area contributed by atoms with Crippen molar-refractivity contribution in [2.75, 3.05) is 6.61 Å². The molecule has 0 unspecified atom stereocenters. The SMILES string of the molecule is CCOc1ccc(C(=O)N[C@H](C(=O)NCc2cccc(Cl)c2)C(C)C)cc1. The van der Waals surface area contributed by atoms with Crippen molar-refractivity contribution >= 4 is 23.4 Å². The Labute approximate surface area is 165 Å². The summed E-state index contributed by atoms with van der Waals surface area (Å²) < 4.78 is 5.38. The molecule has 2 aromatic carbocycles. The third kappa shape index (κ3) is 6.29. The predicted octanol–water partition coefficient (Wildman–Crippen LogP) is 3.81. The van der Waals surface area contributed by atoms with E-state index in [9.17, 15) is 9.59 Å². The fourth-order valence-corrected chi connectivity index (χ4v) is 2.79. The van der Waals surface area contributed by atoms with Gasteiger partial charge < -0.3 is 15.4 Å². The van der Waals surface area contributed by atoms with Crippen LogP contribution in [0.25, 0.3) is 0 Å². The molecule has 2 amide bonds. The van der Waals surface area contributed by atoms with Crippen LogP contribution in [0.15, 0.2) is 48.5 Å². The molecule has 0 spiro atoms. The van der Waals surface area contributed by atoms with Gasteiger partial charge in [-0.15, -0.1) is 0 Å². The van der Waals surface area contributed by atoms with Crippen molar-refractivity contribution in [1.29, 1.82) is 0 Å². The summed E-state index contributed by atoms with van der Waals surface area (Å²) in [5.74, 6) is 0.114. The van der Waals surface area contributed by atoms with Crippen LogP contribution >= 0.6 is 11.6 Å². The second-order valence-corrected chi connectivity index (χ2v) is 6.94. The van der Waals surface area contributed by atoms with Crippen molar-refractivity contribution in [3.05, 3.63) is 64.7 Å². The molecule has 0 radical (unpaired) electrons. The molecule has 0 saturated carbocycles. The number of carbonyl (C=O) groups excluding carboxylic acids is 2. The number of hydrogen-bond donors (Lipinski definition) is 2. The lowest BCUT2D eigenvalue weighted by atomic mass is 10.0. The molecular weight excluding hydrogens is 364 g/mol. The normalized spacial score (nSPS) is 11.7. The Kier molecular flexibility index (Phi) is 7.67. The van der Waals surface area contributed by atoms with Gasteiger partial charge in [0.05, 0.1) is 6.61 Å². The lowest BCUT2D eigenvalue weighted by Crippen LogP contribution is -2.49. The first kappa shape index (κ1) is 20.8. The van der Waals surface area contributed by atoms with Gasteiger partial charge in [0, 0.05) is 17.1 Å². The molecule has 0 aromatic heterocycles. The Morgan fingerprint density at radius 1 is 1.11 bits per heavy atom.